The molecule has 0 aromatic heterocycles. The number of sulfonamides is 1. The summed E-state index contributed by atoms with van der Waals surface area (Å²) in [6.45, 7) is 0. The highest BCUT2D eigenvalue weighted by Gasteiger charge is 2.43. The Morgan fingerprint density at radius 2 is 1.60 bits per heavy atom. The molecule has 2 aromatic rings. The molecule has 25 heavy (non-hydrogen) atoms. The molecule has 0 atom stereocenters. The van der Waals surface area contributed by atoms with Crippen LogP contribution >= 0.6 is 0 Å². The number of carboxylic acids is 2. The van der Waals surface area contributed by atoms with Gasteiger partial charge in [0, 0.05) is 0 Å². The van der Waals surface area contributed by atoms with Crippen molar-refractivity contribution in [3.05, 3.63) is 47.5 Å². The van der Waals surface area contributed by atoms with Crippen molar-refractivity contribution in [2.24, 2.45) is 0 Å². The molecule has 0 amide bonds. The third-order valence-electron chi connectivity index (χ3n) is 3.52. The van der Waals surface area contributed by atoms with Gasteiger partial charge in [-0.1, -0.05) is 18.2 Å². The fourth-order valence-corrected chi connectivity index (χ4v) is 6.09. The van der Waals surface area contributed by atoms with Gasteiger partial charge < -0.3 is 10.2 Å². The van der Waals surface area contributed by atoms with Crippen LogP contribution in [0.1, 0.15) is 20.7 Å². The van der Waals surface area contributed by atoms with Crippen LogP contribution in [0.3, 0.4) is 0 Å². The molecule has 0 saturated heterocycles. The minimum absolute atomic E-state index is 0.361. The number of fused-ring (bicyclic) bond motifs is 2. The summed E-state index contributed by atoms with van der Waals surface area (Å²) in [6.07, 6.45) is 0. The van der Waals surface area contributed by atoms with Crippen LogP contribution in [0, 0.1) is 0 Å². The van der Waals surface area contributed by atoms with Gasteiger partial charge in [0.05, 0.1) is 16.1 Å². The number of carboxylic acid groups (broad SMARTS) is 2. The molecule has 0 spiro atoms. The van der Waals surface area contributed by atoms with E-state index in [1.807, 2.05) is 4.72 Å². The van der Waals surface area contributed by atoms with E-state index >= 15 is 0 Å². The maximum atomic E-state index is 12.9. The molecular weight excluding hydrogens is 374 g/mol. The quantitative estimate of drug-likeness (QED) is 0.707. The van der Waals surface area contributed by atoms with Gasteiger partial charge in [-0.05, 0) is 18.2 Å². The standard InChI is InChI=1S/C14H9NO8S2/c16-13(17)8-6-9-10(14(18)19)12(25(22,23)15-9)11(8)24(20,21)7-4-2-1-3-5-7/h1-6,15H,(H,16,17)(H,18,19). The van der Waals surface area contributed by atoms with Crippen LogP contribution in [-0.2, 0) is 19.9 Å². The van der Waals surface area contributed by atoms with Gasteiger partial charge in [0.1, 0.15) is 15.4 Å². The number of aromatic carboxylic acids is 2. The highest BCUT2D eigenvalue weighted by atomic mass is 32.2. The third kappa shape index (κ3) is 2.44. The molecule has 11 heteroatoms. The second-order valence-corrected chi connectivity index (χ2v) is 8.54. The maximum absolute atomic E-state index is 12.9. The van der Waals surface area contributed by atoms with Crippen LogP contribution in [0.4, 0.5) is 5.69 Å². The van der Waals surface area contributed by atoms with Crippen molar-refractivity contribution in [1.82, 2.24) is 0 Å². The van der Waals surface area contributed by atoms with Crippen LogP contribution in [0.2, 0.25) is 0 Å². The lowest BCUT2D eigenvalue weighted by atomic mass is 10.1. The lowest BCUT2D eigenvalue weighted by Gasteiger charge is -2.11. The summed E-state index contributed by atoms with van der Waals surface area (Å²) in [5, 5.41) is 18.6. The molecular formula is C14H9NO8S2. The molecule has 0 fully saturated rings. The Labute approximate surface area is 141 Å². The van der Waals surface area contributed by atoms with E-state index in [9.17, 15) is 36.6 Å². The molecule has 1 heterocycles. The Hall–Kier alpha value is -2.92. The van der Waals surface area contributed by atoms with Crippen molar-refractivity contribution < 1.29 is 36.6 Å². The summed E-state index contributed by atoms with van der Waals surface area (Å²) in [7, 11) is -9.16. The Kier molecular flexibility index (Phi) is 3.58. The summed E-state index contributed by atoms with van der Waals surface area (Å²) in [5.41, 5.74) is -2.13. The van der Waals surface area contributed by atoms with Crippen molar-refractivity contribution in [2.45, 2.75) is 14.7 Å². The molecule has 0 aliphatic carbocycles. The zero-order valence-corrected chi connectivity index (χ0v) is 13.8. The molecule has 9 nitrogen and oxygen atoms in total. The molecule has 2 aromatic carbocycles. The van der Waals surface area contributed by atoms with Gasteiger partial charge in [-0.15, -0.1) is 0 Å². The summed E-state index contributed by atoms with van der Waals surface area (Å²) >= 11 is 0. The van der Waals surface area contributed by atoms with Crippen molar-refractivity contribution in [2.75, 3.05) is 4.72 Å². The number of benzene rings is 2. The highest BCUT2D eigenvalue weighted by molar-refractivity contribution is 7.95. The molecule has 1 aliphatic rings. The monoisotopic (exact) mass is 383 g/mol. The largest absolute Gasteiger partial charge is 0.478 e. The van der Waals surface area contributed by atoms with E-state index in [0.717, 1.165) is 12.1 Å². The van der Waals surface area contributed by atoms with Gasteiger partial charge >= 0.3 is 11.9 Å². The number of carbonyl (C=O) groups is 2. The third-order valence-corrected chi connectivity index (χ3v) is 6.93. The maximum Gasteiger partial charge on any atom is 0.339 e. The first-order chi connectivity index (χ1) is 11.6. The first kappa shape index (κ1) is 16.9. The normalized spacial score (nSPS) is 14.7. The molecule has 3 rings (SSSR count). The zero-order chi connectivity index (χ0) is 18.6. The van der Waals surface area contributed by atoms with E-state index < -0.39 is 58.4 Å². The average molecular weight is 383 g/mol. The molecule has 0 unspecified atom stereocenters. The van der Waals surface area contributed by atoms with E-state index in [1.165, 1.54) is 18.2 Å². The van der Waals surface area contributed by atoms with Crippen molar-refractivity contribution in [3.63, 3.8) is 0 Å². The summed E-state index contributed by atoms with van der Waals surface area (Å²) in [5.74, 6) is -3.40. The molecule has 0 saturated carbocycles. The minimum Gasteiger partial charge on any atom is -0.478 e. The number of sulfone groups is 1. The molecule has 1 aliphatic heterocycles. The van der Waals surface area contributed by atoms with Crippen molar-refractivity contribution >= 4 is 37.5 Å². The first-order valence-electron chi connectivity index (χ1n) is 6.58. The average Bonchev–Trinajstić information content (AvgIpc) is 2.71. The van der Waals surface area contributed by atoms with E-state index in [0.29, 0.717) is 6.07 Å². The summed E-state index contributed by atoms with van der Waals surface area (Å²) in [4.78, 5) is 20.4. The second kappa shape index (κ2) is 5.29. The second-order valence-electron chi connectivity index (χ2n) is 5.04. The Morgan fingerprint density at radius 3 is 2.12 bits per heavy atom. The van der Waals surface area contributed by atoms with Crippen LogP contribution < -0.4 is 4.72 Å². The lowest BCUT2D eigenvalue weighted by Crippen LogP contribution is -2.16. The Balaban J connectivity index is 2.53. The highest BCUT2D eigenvalue weighted by Crippen LogP contribution is 2.42. The fraction of sp³-hybridized carbons (Fsp3) is 0. The predicted molar refractivity (Wildman–Crippen MR) is 83.1 cm³/mol. The van der Waals surface area contributed by atoms with Gasteiger partial charge in [-0.3, -0.25) is 4.72 Å². The number of anilines is 1. The lowest BCUT2D eigenvalue weighted by molar-refractivity contribution is 0.0675. The van der Waals surface area contributed by atoms with E-state index in [1.54, 1.807) is 0 Å². The van der Waals surface area contributed by atoms with Gasteiger partial charge in [-0.2, -0.15) is 0 Å². The smallest absolute Gasteiger partial charge is 0.339 e. The van der Waals surface area contributed by atoms with Gasteiger partial charge in [0.15, 0.2) is 0 Å². The summed E-state index contributed by atoms with van der Waals surface area (Å²) < 4.78 is 52.1. The molecule has 130 valence electrons. The van der Waals surface area contributed by atoms with E-state index in [2.05, 4.69) is 0 Å². The van der Waals surface area contributed by atoms with Gasteiger partial charge in [0.2, 0.25) is 9.84 Å². The van der Waals surface area contributed by atoms with Crippen LogP contribution in [0.15, 0.2) is 51.1 Å². The Morgan fingerprint density at radius 1 is 1.00 bits per heavy atom. The van der Waals surface area contributed by atoms with Crippen molar-refractivity contribution in [1.29, 1.82) is 0 Å². The number of hydrogen-bond donors (Lipinski definition) is 3. The summed E-state index contributed by atoms with van der Waals surface area (Å²) in [6, 6.07) is 7.24. The molecule has 2 bridgehead atoms. The minimum atomic E-state index is -4.61. The zero-order valence-electron chi connectivity index (χ0n) is 12.1. The topological polar surface area (TPSA) is 155 Å². The van der Waals surface area contributed by atoms with Crippen LogP contribution in [-0.4, -0.2) is 39.0 Å². The number of nitrogens with one attached hydrogen (secondary N) is 1. The van der Waals surface area contributed by atoms with Crippen LogP contribution in [0.5, 0.6) is 0 Å². The SMILES string of the molecule is O=C(O)c1cc2c(C(=O)O)c(c1S(=O)(=O)c1ccccc1)S(=O)(=O)N2. The van der Waals surface area contributed by atoms with E-state index in [-0.39, 0.29) is 4.90 Å². The van der Waals surface area contributed by atoms with Crippen LogP contribution in [0.25, 0.3) is 0 Å². The van der Waals surface area contributed by atoms with Gasteiger partial charge in [-0.25, -0.2) is 26.4 Å². The number of rotatable bonds is 4. The Bertz CT molecular complexity index is 1140. The first-order valence-corrected chi connectivity index (χ1v) is 9.54. The van der Waals surface area contributed by atoms with E-state index in [4.69, 9.17) is 0 Å². The van der Waals surface area contributed by atoms with Gasteiger partial charge in [0.25, 0.3) is 10.0 Å². The van der Waals surface area contributed by atoms with Crippen molar-refractivity contribution in [3.8, 4) is 0 Å². The predicted octanol–water partition coefficient (Wildman–Crippen LogP) is 1.03. The fourth-order valence-electron chi connectivity index (χ4n) is 2.53. The molecule has 3 N–H and O–H groups in total. The number of hydrogen-bond acceptors (Lipinski definition) is 6. The molecule has 0 radical (unpaired) electrons.